The summed E-state index contributed by atoms with van der Waals surface area (Å²) < 4.78 is 0. The van der Waals surface area contributed by atoms with Crippen LogP contribution in [0.5, 0.6) is 0 Å². The van der Waals surface area contributed by atoms with Gasteiger partial charge >= 0.3 is 0 Å². The lowest BCUT2D eigenvalue weighted by atomic mass is 9.96. The van der Waals surface area contributed by atoms with Crippen LogP contribution >= 0.6 is 0 Å². The molecule has 0 aliphatic rings. The lowest BCUT2D eigenvalue weighted by Gasteiger charge is -2.22. The second-order valence-corrected chi connectivity index (χ2v) is 7.43. The molecule has 3 heteroatoms. The molecule has 0 heterocycles. The van der Waals surface area contributed by atoms with Crippen LogP contribution in [0, 0.1) is 22.7 Å². The van der Waals surface area contributed by atoms with E-state index in [1.807, 2.05) is 18.2 Å². The molecule has 21 heavy (non-hydrogen) atoms. The SMILES string of the molecule is CC(C)CC(C)Nc1cccc(NCC(C)(C)C)c1C#N. The van der Waals surface area contributed by atoms with Gasteiger partial charge in [-0.05, 0) is 36.8 Å². The maximum absolute atomic E-state index is 9.49. The van der Waals surface area contributed by atoms with Crippen molar-refractivity contribution >= 4 is 11.4 Å². The van der Waals surface area contributed by atoms with Gasteiger partial charge in [-0.2, -0.15) is 5.26 Å². The predicted molar refractivity (Wildman–Crippen MR) is 91.6 cm³/mol. The van der Waals surface area contributed by atoms with Gasteiger partial charge in [-0.3, -0.25) is 0 Å². The van der Waals surface area contributed by atoms with Crippen molar-refractivity contribution in [2.45, 2.75) is 54.0 Å². The van der Waals surface area contributed by atoms with Gasteiger partial charge in [0.2, 0.25) is 0 Å². The summed E-state index contributed by atoms with van der Waals surface area (Å²) in [6.45, 7) is 14.0. The van der Waals surface area contributed by atoms with Gasteiger partial charge in [-0.25, -0.2) is 0 Å². The minimum absolute atomic E-state index is 0.182. The lowest BCUT2D eigenvalue weighted by Crippen LogP contribution is -2.21. The van der Waals surface area contributed by atoms with Crippen LogP contribution in [0.4, 0.5) is 11.4 Å². The average molecular weight is 287 g/mol. The van der Waals surface area contributed by atoms with Crippen LogP contribution in [0.15, 0.2) is 18.2 Å². The topological polar surface area (TPSA) is 47.8 Å². The maximum atomic E-state index is 9.49. The Morgan fingerprint density at radius 3 is 2.29 bits per heavy atom. The Bertz CT molecular complexity index is 492. The third-order valence-corrected chi connectivity index (χ3v) is 3.21. The van der Waals surface area contributed by atoms with Crippen LogP contribution in [-0.4, -0.2) is 12.6 Å². The Morgan fingerprint density at radius 1 is 1.14 bits per heavy atom. The molecule has 1 atom stereocenters. The van der Waals surface area contributed by atoms with Crippen molar-refractivity contribution in [1.82, 2.24) is 0 Å². The van der Waals surface area contributed by atoms with Crippen LogP contribution < -0.4 is 10.6 Å². The van der Waals surface area contributed by atoms with Crippen molar-refractivity contribution in [3.8, 4) is 6.07 Å². The molecule has 1 aromatic carbocycles. The Balaban J connectivity index is 2.89. The van der Waals surface area contributed by atoms with Gasteiger partial charge in [0.05, 0.1) is 16.9 Å². The van der Waals surface area contributed by atoms with Gasteiger partial charge in [-0.1, -0.05) is 40.7 Å². The average Bonchev–Trinajstić information content (AvgIpc) is 2.34. The lowest BCUT2D eigenvalue weighted by molar-refractivity contribution is 0.443. The van der Waals surface area contributed by atoms with Crippen LogP contribution in [0.2, 0.25) is 0 Å². The summed E-state index contributed by atoms with van der Waals surface area (Å²) in [6.07, 6.45) is 1.09. The zero-order valence-corrected chi connectivity index (χ0v) is 14.2. The Hall–Kier alpha value is -1.69. The molecular formula is C18H29N3. The van der Waals surface area contributed by atoms with E-state index in [0.29, 0.717) is 17.5 Å². The first kappa shape index (κ1) is 17.4. The molecule has 1 rings (SSSR count). The molecule has 0 spiro atoms. The van der Waals surface area contributed by atoms with Gasteiger partial charge in [-0.15, -0.1) is 0 Å². The fourth-order valence-corrected chi connectivity index (χ4v) is 2.33. The minimum atomic E-state index is 0.182. The molecule has 0 radical (unpaired) electrons. The quantitative estimate of drug-likeness (QED) is 0.785. The van der Waals surface area contributed by atoms with Crippen LogP contribution in [-0.2, 0) is 0 Å². The smallest absolute Gasteiger partial charge is 0.104 e. The normalized spacial score (nSPS) is 12.9. The van der Waals surface area contributed by atoms with Crippen molar-refractivity contribution < 1.29 is 0 Å². The summed E-state index contributed by atoms with van der Waals surface area (Å²) in [5.41, 5.74) is 2.72. The third kappa shape index (κ3) is 6.08. The number of anilines is 2. The van der Waals surface area contributed by atoms with Gasteiger partial charge in [0.1, 0.15) is 6.07 Å². The number of nitriles is 1. The summed E-state index contributed by atoms with van der Waals surface area (Å²) in [5.74, 6) is 0.639. The molecule has 0 aliphatic carbocycles. The molecule has 0 fully saturated rings. The van der Waals surface area contributed by atoms with Crippen molar-refractivity contribution in [1.29, 1.82) is 5.26 Å². The number of benzene rings is 1. The van der Waals surface area contributed by atoms with E-state index in [1.165, 1.54) is 0 Å². The van der Waals surface area contributed by atoms with E-state index in [1.54, 1.807) is 0 Å². The van der Waals surface area contributed by atoms with Crippen molar-refractivity contribution in [2.75, 3.05) is 17.2 Å². The molecular weight excluding hydrogens is 258 g/mol. The van der Waals surface area contributed by atoms with E-state index >= 15 is 0 Å². The second-order valence-electron chi connectivity index (χ2n) is 7.43. The van der Waals surface area contributed by atoms with E-state index in [9.17, 15) is 5.26 Å². The van der Waals surface area contributed by atoms with Gasteiger partial charge in [0, 0.05) is 12.6 Å². The molecule has 2 N–H and O–H groups in total. The first-order chi connectivity index (χ1) is 9.73. The molecule has 1 aromatic rings. The zero-order chi connectivity index (χ0) is 16.0. The van der Waals surface area contributed by atoms with E-state index in [4.69, 9.17) is 0 Å². The van der Waals surface area contributed by atoms with Crippen LogP contribution in [0.3, 0.4) is 0 Å². The highest BCUT2D eigenvalue weighted by Gasteiger charge is 2.14. The predicted octanol–water partition coefficient (Wildman–Crippen LogP) is 4.86. The molecule has 0 amide bonds. The van der Waals surface area contributed by atoms with Crippen molar-refractivity contribution in [2.24, 2.45) is 11.3 Å². The standard InChI is InChI=1S/C18H29N3/c1-13(2)10-14(3)21-17-9-7-8-16(15(17)11-19)20-12-18(4,5)6/h7-9,13-14,20-21H,10,12H2,1-6H3. The van der Waals surface area contributed by atoms with E-state index < -0.39 is 0 Å². The van der Waals surface area contributed by atoms with Gasteiger partial charge < -0.3 is 10.6 Å². The zero-order valence-electron chi connectivity index (χ0n) is 14.2. The molecule has 0 saturated carbocycles. The Kier molecular flexibility index (Phi) is 6.08. The third-order valence-electron chi connectivity index (χ3n) is 3.21. The molecule has 0 bridgehead atoms. The summed E-state index contributed by atoms with van der Waals surface area (Å²) in [7, 11) is 0. The Morgan fingerprint density at radius 2 is 1.76 bits per heavy atom. The largest absolute Gasteiger partial charge is 0.383 e. The molecule has 3 nitrogen and oxygen atoms in total. The number of hydrogen-bond donors (Lipinski definition) is 2. The highest BCUT2D eigenvalue weighted by molar-refractivity contribution is 5.71. The molecule has 0 aliphatic heterocycles. The van der Waals surface area contributed by atoms with Gasteiger partial charge in [0.15, 0.2) is 0 Å². The highest BCUT2D eigenvalue weighted by Crippen LogP contribution is 2.26. The number of hydrogen-bond acceptors (Lipinski definition) is 3. The number of rotatable bonds is 6. The fourth-order valence-electron chi connectivity index (χ4n) is 2.33. The first-order valence-electron chi connectivity index (χ1n) is 7.76. The first-order valence-corrected chi connectivity index (χ1v) is 7.76. The summed E-state index contributed by atoms with van der Waals surface area (Å²) >= 11 is 0. The Labute approximate surface area is 129 Å². The number of nitrogens with zero attached hydrogens (tertiary/aromatic N) is 1. The van der Waals surface area contributed by atoms with Crippen molar-refractivity contribution in [3.63, 3.8) is 0 Å². The van der Waals surface area contributed by atoms with Gasteiger partial charge in [0.25, 0.3) is 0 Å². The molecule has 116 valence electrons. The molecule has 1 unspecified atom stereocenters. The summed E-state index contributed by atoms with van der Waals surface area (Å²) in [5, 5.41) is 16.4. The van der Waals surface area contributed by atoms with Crippen LogP contribution in [0.1, 0.15) is 53.5 Å². The second kappa shape index (κ2) is 7.36. The minimum Gasteiger partial charge on any atom is -0.383 e. The number of nitrogens with one attached hydrogen (secondary N) is 2. The maximum Gasteiger partial charge on any atom is 0.104 e. The van der Waals surface area contributed by atoms with Crippen molar-refractivity contribution in [3.05, 3.63) is 23.8 Å². The molecule has 0 aromatic heterocycles. The fraction of sp³-hybridized carbons (Fsp3) is 0.611. The summed E-state index contributed by atoms with van der Waals surface area (Å²) in [4.78, 5) is 0. The summed E-state index contributed by atoms with van der Waals surface area (Å²) in [6, 6.07) is 8.65. The van der Waals surface area contributed by atoms with E-state index in [-0.39, 0.29) is 5.41 Å². The van der Waals surface area contributed by atoms with E-state index in [2.05, 4.69) is 58.2 Å². The monoisotopic (exact) mass is 287 g/mol. The van der Waals surface area contributed by atoms with E-state index in [0.717, 1.165) is 24.3 Å². The highest BCUT2D eigenvalue weighted by atomic mass is 14.9. The van der Waals surface area contributed by atoms with Crippen LogP contribution in [0.25, 0.3) is 0 Å². The molecule has 0 saturated heterocycles.